The van der Waals surface area contributed by atoms with Crippen LogP contribution in [0.15, 0.2) is 0 Å². The molecule has 20 heavy (non-hydrogen) atoms. The molecule has 5 heteroatoms. The van der Waals surface area contributed by atoms with Gasteiger partial charge < -0.3 is 9.80 Å². The molecule has 2 fully saturated rings. The van der Waals surface area contributed by atoms with Crippen LogP contribution in [0.4, 0.5) is 5.13 Å². The van der Waals surface area contributed by atoms with Gasteiger partial charge in [0.1, 0.15) is 0 Å². The average molecular weight is 293 g/mol. The Bertz CT molecular complexity index is 513. The predicted octanol–water partition coefficient (Wildman–Crippen LogP) is 2.57. The van der Waals surface area contributed by atoms with E-state index in [0.717, 1.165) is 40.8 Å². The number of fused-ring (bicyclic) bond motifs is 1. The number of anilines is 1. The molecule has 110 valence electrons. The van der Waals surface area contributed by atoms with E-state index in [1.165, 1.54) is 25.8 Å². The van der Waals surface area contributed by atoms with E-state index in [4.69, 9.17) is 0 Å². The van der Waals surface area contributed by atoms with E-state index < -0.39 is 0 Å². The number of nitrogens with zero attached hydrogens (tertiary/aromatic N) is 3. The molecule has 2 unspecified atom stereocenters. The number of ketones is 1. The summed E-state index contributed by atoms with van der Waals surface area (Å²) in [5.74, 6) is 0.894. The molecule has 1 aromatic heterocycles. The van der Waals surface area contributed by atoms with E-state index in [1.807, 2.05) is 6.92 Å². The number of carbonyl (C=O) groups excluding carboxylic acids is 1. The third-order valence-electron chi connectivity index (χ3n) is 4.72. The van der Waals surface area contributed by atoms with Crippen molar-refractivity contribution in [1.82, 2.24) is 9.88 Å². The number of likely N-dealkylation sites (tertiary alicyclic amines) is 1. The average Bonchev–Trinajstić information content (AvgIpc) is 2.81. The lowest BCUT2D eigenvalue weighted by Crippen LogP contribution is -2.52. The van der Waals surface area contributed by atoms with Crippen LogP contribution in [0, 0.1) is 12.8 Å². The summed E-state index contributed by atoms with van der Waals surface area (Å²) in [4.78, 5) is 21.9. The number of rotatable bonds is 2. The van der Waals surface area contributed by atoms with E-state index in [1.54, 1.807) is 18.3 Å². The van der Waals surface area contributed by atoms with Crippen molar-refractivity contribution >= 4 is 22.3 Å². The van der Waals surface area contributed by atoms with Crippen molar-refractivity contribution in [3.63, 3.8) is 0 Å². The Kier molecular flexibility index (Phi) is 3.82. The number of aromatic nitrogens is 1. The Balaban J connectivity index is 1.76. The Morgan fingerprint density at radius 1 is 1.35 bits per heavy atom. The van der Waals surface area contributed by atoms with Crippen LogP contribution < -0.4 is 4.90 Å². The maximum Gasteiger partial charge on any atom is 0.186 e. The zero-order chi connectivity index (χ0) is 14.3. The lowest BCUT2D eigenvalue weighted by Gasteiger charge is -2.45. The fourth-order valence-corrected chi connectivity index (χ4v) is 4.67. The maximum absolute atomic E-state index is 11.6. The lowest BCUT2D eigenvalue weighted by molar-refractivity contribution is 0.102. The standard InChI is InChI=1S/C15H23N3OS/c1-10-14(11(2)19)20-15(16-10)18-8-6-13-12(9-18)5-4-7-17(13)3/h12-13H,4-9H2,1-3H3. The summed E-state index contributed by atoms with van der Waals surface area (Å²) in [6.07, 6.45) is 3.85. The van der Waals surface area contributed by atoms with Gasteiger partial charge in [0.2, 0.25) is 0 Å². The zero-order valence-electron chi connectivity index (χ0n) is 12.6. The van der Waals surface area contributed by atoms with Crippen molar-refractivity contribution in [2.75, 3.05) is 31.6 Å². The number of carbonyl (C=O) groups is 1. The third-order valence-corrected chi connectivity index (χ3v) is 6.04. The van der Waals surface area contributed by atoms with Crippen molar-refractivity contribution < 1.29 is 4.79 Å². The summed E-state index contributed by atoms with van der Waals surface area (Å²) in [6, 6.07) is 0.744. The molecular weight excluding hydrogens is 270 g/mol. The van der Waals surface area contributed by atoms with Gasteiger partial charge in [-0.15, -0.1) is 0 Å². The van der Waals surface area contributed by atoms with E-state index >= 15 is 0 Å². The van der Waals surface area contributed by atoms with Crippen molar-refractivity contribution in [3.05, 3.63) is 10.6 Å². The van der Waals surface area contributed by atoms with Crippen molar-refractivity contribution in [2.24, 2.45) is 5.92 Å². The van der Waals surface area contributed by atoms with E-state index in [9.17, 15) is 4.79 Å². The number of piperidine rings is 2. The first-order valence-corrected chi connectivity index (χ1v) is 8.31. The van der Waals surface area contributed by atoms with E-state index in [0.29, 0.717) is 0 Å². The summed E-state index contributed by atoms with van der Waals surface area (Å²) in [5, 5.41) is 1.04. The lowest BCUT2D eigenvalue weighted by atomic mass is 9.84. The van der Waals surface area contributed by atoms with Crippen molar-refractivity contribution in [1.29, 1.82) is 0 Å². The normalized spacial score (nSPS) is 27.4. The molecular formula is C15H23N3OS. The molecule has 2 aliphatic heterocycles. The molecule has 2 aliphatic rings. The Morgan fingerprint density at radius 2 is 2.15 bits per heavy atom. The Morgan fingerprint density at radius 3 is 2.85 bits per heavy atom. The first kappa shape index (κ1) is 14.0. The minimum absolute atomic E-state index is 0.138. The molecule has 3 rings (SSSR count). The molecule has 0 N–H and O–H groups in total. The van der Waals surface area contributed by atoms with Crippen LogP contribution in [0.2, 0.25) is 0 Å². The molecule has 0 aliphatic carbocycles. The van der Waals surface area contributed by atoms with Gasteiger partial charge in [0.05, 0.1) is 10.6 Å². The van der Waals surface area contributed by atoms with Crippen LogP contribution in [-0.2, 0) is 0 Å². The van der Waals surface area contributed by atoms with Gasteiger partial charge >= 0.3 is 0 Å². The molecule has 0 aromatic carbocycles. The molecule has 0 bridgehead atoms. The molecule has 2 atom stereocenters. The summed E-state index contributed by atoms with van der Waals surface area (Å²) in [5.41, 5.74) is 0.889. The number of Topliss-reactive ketones (excluding diaryl/α,β-unsaturated/α-hetero) is 1. The second-order valence-corrected chi connectivity index (χ2v) is 7.13. The molecule has 0 spiro atoms. The zero-order valence-corrected chi connectivity index (χ0v) is 13.4. The predicted molar refractivity (Wildman–Crippen MR) is 82.8 cm³/mol. The van der Waals surface area contributed by atoms with E-state index in [2.05, 4.69) is 21.8 Å². The highest BCUT2D eigenvalue weighted by molar-refractivity contribution is 7.17. The van der Waals surface area contributed by atoms with E-state index in [-0.39, 0.29) is 5.78 Å². The topological polar surface area (TPSA) is 36.4 Å². The summed E-state index contributed by atoms with van der Waals surface area (Å²) < 4.78 is 0. The second kappa shape index (κ2) is 5.45. The SMILES string of the molecule is CC(=O)c1sc(N2CCC3C(CCCN3C)C2)nc1C. The number of thiazole rings is 1. The summed E-state index contributed by atoms with van der Waals surface area (Å²) in [6.45, 7) is 6.98. The number of hydrogen-bond acceptors (Lipinski definition) is 5. The highest BCUT2D eigenvalue weighted by Gasteiger charge is 2.35. The minimum atomic E-state index is 0.138. The van der Waals surface area contributed by atoms with Crippen molar-refractivity contribution in [2.45, 2.75) is 39.2 Å². The summed E-state index contributed by atoms with van der Waals surface area (Å²) >= 11 is 1.57. The number of hydrogen-bond donors (Lipinski definition) is 0. The Hall–Kier alpha value is -0.940. The van der Waals surface area contributed by atoms with Gasteiger partial charge in [-0.25, -0.2) is 4.98 Å². The van der Waals surface area contributed by atoms with Gasteiger partial charge in [-0.1, -0.05) is 11.3 Å². The minimum Gasteiger partial charge on any atom is -0.348 e. The van der Waals surface area contributed by atoms with Gasteiger partial charge in [0.25, 0.3) is 0 Å². The van der Waals surface area contributed by atoms with Gasteiger partial charge in [0.15, 0.2) is 10.9 Å². The van der Waals surface area contributed by atoms with Gasteiger partial charge in [-0.05, 0) is 45.7 Å². The smallest absolute Gasteiger partial charge is 0.186 e. The van der Waals surface area contributed by atoms with Gasteiger partial charge in [-0.2, -0.15) is 0 Å². The third kappa shape index (κ3) is 2.49. The first-order chi connectivity index (χ1) is 9.56. The van der Waals surface area contributed by atoms with Crippen LogP contribution in [0.25, 0.3) is 0 Å². The molecule has 0 radical (unpaired) electrons. The van der Waals surface area contributed by atoms with Crippen molar-refractivity contribution in [3.8, 4) is 0 Å². The van der Waals surface area contributed by atoms with Gasteiger partial charge in [-0.3, -0.25) is 4.79 Å². The molecule has 0 amide bonds. The highest BCUT2D eigenvalue weighted by atomic mass is 32.1. The quantitative estimate of drug-likeness (QED) is 0.785. The fraction of sp³-hybridized carbons (Fsp3) is 0.733. The van der Waals surface area contributed by atoms with Crippen LogP contribution in [0.1, 0.15) is 41.6 Å². The van der Waals surface area contributed by atoms with Crippen LogP contribution in [0.3, 0.4) is 0 Å². The maximum atomic E-state index is 11.6. The van der Waals surface area contributed by atoms with Crippen LogP contribution in [0.5, 0.6) is 0 Å². The monoisotopic (exact) mass is 293 g/mol. The molecule has 1 aromatic rings. The second-order valence-electron chi connectivity index (χ2n) is 6.15. The summed E-state index contributed by atoms with van der Waals surface area (Å²) in [7, 11) is 2.26. The van der Waals surface area contributed by atoms with Crippen LogP contribution in [-0.4, -0.2) is 48.4 Å². The molecule has 4 nitrogen and oxygen atoms in total. The molecule has 3 heterocycles. The van der Waals surface area contributed by atoms with Crippen LogP contribution >= 0.6 is 11.3 Å². The highest BCUT2D eigenvalue weighted by Crippen LogP contribution is 2.34. The Labute approximate surface area is 124 Å². The molecule has 0 saturated carbocycles. The fourth-order valence-electron chi connectivity index (χ4n) is 3.67. The first-order valence-electron chi connectivity index (χ1n) is 7.50. The largest absolute Gasteiger partial charge is 0.348 e. The van der Waals surface area contributed by atoms with Gasteiger partial charge in [0, 0.05) is 26.1 Å². The molecule has 2 saturated heterocycles. The number of aryl methyl sites for hydroxylation is 1.